The van der Waals surface area contributed by atoms with Crippen LogP contribution in [0.3, 0.4) is 0 Å². The fourth-order valence-electron chi connectivity index (χ4n) is 1.92. The summed E-state index contributed by atoms with van der Waals surface area (Å²) in [6.45, 7) is 3.37. The van der Waals surface area contributed by atoms with E-state index in [1.807, 2.05) is 6.07 Å². The minimum Gasteiger partial charge on any atom is -0.506 e. The zero-order chi connectivity index (χ0) is 13.3. The summed E-state index contributed by atoms with van der Waals surface area (Å²) >= 11 is 0. The quantitative estimate of drug-likeness (QED) is 0.872. The Kier molecular flexibility index (Phi) is 2.95. The first-order valence-electron chi connectivity index (χ1n) is 5.71. The number of phenols is 1. The Morgan fingerprint density at radius 1 is 1.33 bits per heavy atom. The summed E-state index contributed by atoms with van der Waals surface area (Å²) in [5.74, 6) is -0.727. The van der Waals surface area contributed by atoms with E-state index in [1.54, 1.807) is 38.2 Å². The van der Waals surface area contributed by atoms with E-state index >= 15 is 0 Å². The maximum atomic E-state index is 11.2. The highest BCUT2D eigenvalue weighted by Crippen LogP contribution is 2.30. The Morgan fingerprint density at radius 2 is 2.06 bits per heavy atom. The molecule has 2 N–H and O–H groups in total. The monoisotopic (exact) mass is 245 g/mol. The lowest BCUT2D eigenvalue weighted by Crippen LogP contribution is -2.26. The molecule has 0 saturated heterocycles. The van der Waals surface area contributed by atoms with Crippen LogP contribution in [0.4, 0.5) is 0 Å². The molecule has 0 aliphatic rings. The van der Waals surface area contributed by atoms with E-state index in [4.69, 9.17) is 5.11 Å². The number of aromatic hydroxyl groups is 1. The van der Waals surface area contributed by atoms with Gasteiger partial charge in [-0.1, -0.05) is 12.1 Å². The van der Waals surface area contributed by atoms with Crippen LogP contribution in [0.5, 0.6) is 5.75 Å². The Morgan fingerprint density at radius 3 is 2.72 bits per heavy atom. The number of rotatable bonds is 3. The molecule has 2 rings (SSSR count). The molecule has 0 saturated carbocycles. The van der Waals surface area contributed by atoms with Gasteiger partial charge < -0.3 is 10.2 Å². The number of hydrogen-bond acceptors (Lipinski definition) is 3. The molecule has 18 heavy (non-hydrogen) atoms. The van der Waals surface area contributed by atoms with Crippen molar-refractivity contribution in [3.8, 4) is 5.75 Å². The smallest absolute Gasteiger partial charge is 0.309 e. The van der Waals surface area contributed by atoms with Gasteiger partial charge >= 0.3 is 5.97 Å². The summed E-state index contributed by atoms with van der Waals surface area (Å²) in [6, 6.07) is 6.93. The molecule has 0 radical (unpaired) electrons. The molecule has 1 heterocycles. The number of pyridine rings is 1. The molecule has 0 spiro atoms. The largest absolute Gasteiger partial charge is 0.506 e. The molecule has 0 fully saturated rings. The van der Waals surface area contributed by atoms with Gasteiger partial charge in [0.15, 0.2) is 0 Å². The van der Waals surface area contributed by atoms with Crippen molar-refractivity contribution in [2.75, 3.05) is 0 Å². The highest BCUT2D eigenvalue weighted by Gasteiger charge is 2.28. The number of fused-ring (bicyclic) bond motifs is 1. The van der Waals surface area contributed by atoms with Crippen LogP contribution >= 0.6 is 0 Å². The van der Waals surface area contributed by atoms with Gasteiger partial charge in [-0.2, -0.15) is 0 Å². The van der Waals surface area contributed by atoms with Crippen molar-refractivity contribution in [3.63, 3.8) is 0 Å². The van der Waals surface area contributed by atoms with E-state index in [2.05, 4.69) is 4.98 Å². The van der Waals surface area contributed by atoms with Crippen LogP contribution < -0.4 is 0 Å². The van der Waals surface area contributed by atoms with Gasteiger partial charge in [-0.25, -0.2) is 0 Å². The van der Waals surface area contributed by atoms with E-state index in [-0.39, 0.29) is 5.75 Å². The topological polar surface area (TPSA) is 70.4 Å². The average Bonchev–Trinajstić information content (AvgIpc) is 2.33. The molecule has 4 nitrogen and oxygen atoms in total. The van der Waals surface area contributed by atoms with Crippen LogP contribution in [0.25, 0.3) is 10.9 Å². The molecular formula is C14H15NO3. The second kappa shape index (κ2) is 4.29. The molecule has 1 aromatic heterocycles. The van der Waals surface area contributed by atoms with Crippen molar-refractivity contribution in [2.45, 2.75) is 20.3 Å². The number of aliphatic carboxylic acids is 1. The second-order valence-electron chi connectivity index (χ2n) is 5.01. The van der Waals surface area contributed by atoms with Gasteiger partial charge in [0.05, 0.1) is 5.41 Å². The molecule has 94 valence electrons. The first-order chi connectivity index (χ1) is 8.42. The van der Waals surface area contributed by atoms with E-state index in [0.717, 1.165) is 10.9 Å². The lowest BCUT2D eigenvalue weighted by molar-refractivity contribution is -0.146. The molecule has 4 heteroatoms. The van der Waals surface area contributed by atoms with Gasteiger partial charge in [0.1, 0.15) is 11.3 Å². The second-order valence-corrected chi connectivity index (χ2v) is 5.01. The molecule has 0 amide bonds. The van der Waals surface area contributed by atoms with Gasteiger partial charge in [0.2, 0.25) is 0 Å². The van der Waals surface area contributed by atoms with Crippen LogP contribution in [-0.4, -0.2) is 21.2 Å². The molecule has 0 atom stereocenters. The van der Waals surface area contributed by atoms with Crippen molar-refractivity contribution in [1.29, 1.82) is 0 Å². The Bertz CT molecular complexity index is 605. The van der Waals surface area contributed by atoms with Gasteiger partial charge in [0.25, 0.3) is 0 Å². The number of nitrogens with zero attached hydrogens (tertiary/aromatic N) is 1. The number of carbonyl (C=O) groups is 1. The highest BCUT2D eigenvalue weighted by atomic mass is 16.4. The molecule has 0 unspecified atom stereocenters. The van der Waals surface area contributed by atoms with Crippen LogP contribution in [0.1, 0.15) is 19.4 Å². The highest BCUT2D eigenvalue weighted by molar-refractivity contribution is 5.87. The summed E-state index contributed by atoms with van der Waals surface area (Å²) < 4.78 is 0. The average molecular weight is 245 g/mol. The third-order valence-corrected chi connectivity index (χ3v) is 3.05. The van der Waals surface area contributed by atoms with E-state index in [9.17, 15) is 9.90 Å². The summed E-state index contributed by atoms with van der Waals surface area (Å²) in [7, 11) is 0. The normalized spacial score (nSPS) is 11.7. The standard InChI is InChI=1S/C14H15NO3/c1-14(2,13(17)18)8-9-5-6-11(16)12-10(9)4-3-7-15-12/h3-7,16H,8H2,1-2H3,(H,17,18). The van der Waals surface area contributed by atoms with Crippen LogP contribution in [0, 0.1) is 5.41 Å². The predicted octanol–water partition coefficient (Wildman–Crippen LogP) is 2.59. The number of phenolic OH excluding ortho intramolecular Hbond substituents is 1. The third kappa shape index (κ3) is 2.14. The summed E-state index contributed by atoms with van der Waals surface area (Å²) in [5, 5.41) is 19.7. The van der Waals surface area contributed by atoms with E-state index in [0.29, 0.717) is 11.9 Å². The molecule has 2 aromatic rings. The van der Waals surface area contributed by atoms with Gasteiger partial charge in [0, 0.05) is 11.6 Å². The summed E-state index contributed by atoms with van der Waals surface area (Å²) in [5.41, 5.74) is 0.541. The number of carboxylic acid groups (broad SMARTS) is 1. The zero-order valence-electron chi connectivity index (χ0n) is 10.3. The Balaban J connectivity index is 2.53. The maximum Gasteiger partial charge on any atom is 0.309 e. The van der Waals surface area contributed by atoms with Crippen LogP contribution in [-0.2, 0) is 11.2 Å². The first kappa shape index (κ1) is 12.4. The first-order valence-corrected chi connectivity index (χ1v) is 5.71. The molecule has 0 aliphatic heterocycles. The molecule has 0 aliphatic carbocycles. The van der Waals surface area contributed by atoms with Gasteiger partial charge in [-0.15, -0.1) is 0 Å². The number of hydrogen-bond donors (Lipinski definition) is 2. The molecule has 0 bridgehead atoms. The van der Waals surface area contributed by atoms with Crippen molar-refractivity contribution in [1.82, 2.24) is 4.98 Å². The molecule has 1 aromatic carbocycles. The van der Waals surface area contributed by atoms with E-state index in [1.165, 1.54) is 0 Å². The van der Waals surface area contributed by atoms with Crippen molar-refractivity contribution < 1.29 is 15.0 Å². The van der Waals surface area contributed by atoms with Crippen molar-refractivity contribution >= 4 is 16.9 Å². The minimum atomic E-state index is -0.847. The minimum absolute atomic E-state index is 0.113. The van der Waals surface area contributed by atoms with Crippen LogP contribution in [0.2, 0.25) is 0 Å². The maximum absolute atomic E-state index is 11.2. The van der Waals surface area contributed by atoms with Crippen molar-refractivity contribution in [2.24, 2.45) is 5.41 Å². The Labute approximate surface area is 105 Å². The SMILES string of the molecule is CC(C)(Cc1ccc(O)c2ncccc12)C(=O)O. The number of carboxylic acids is 1. The summed E-state index contributed by atoms with van der Waals surface area (Å²) in [4.78, 5) is 15.3. The third-order valence-electron chi connectivity index (χ3n) is 3.05. The Hall–Kier alpha value is -2.10. The number of aromatic nitrogens is 1. The lowest BCUT2D eigenvalue weighted by atomic mass is 9.84. The van der Waals surface area contributed by atoms with Crippen molar-refractivity contribution in [3.05, 3.63) is 36.0 Å². The zero-order valence-corrected chi connectivity index (χ0v) is 10.3. The fraction of sp³-hybridized carbons (Fsp3) is 0.286. The number of benzene rings is 1. The predicted molar refractivity (Wildman–Crippen MR) is 68.5 cm³/mol. The van der Waals surface area contributed by atoms with Gasteiger partial charge in [-0.3, -0.25) is 9.78 Å². The fourth-order valence-corrected chi connectivity index (χ4v) is 1.92. The summed E-state index contributed by atoms with van der Waals surface area (Å²) in [6.07, 6.45) is 2.00. The van der Waals surface area contributed by atoms with Gasteiger partial charge in [-0.05, 0) is 38.0 Å². The van der Waals surface area contributed by atoms with E-state index < -0.39 is 11.4 Å². The lowest BCUT2D eigenvalue weighted by Gasteiger charge is -2.20. The van der Waals surface area contributed by atoms with Crippen LogP contribution in [0.15, 0.2) is 30.5 Å². The molecular weight excluding hydrogens is 230 g/mol.